The van der Waals surface area contributed by atoms with Crippen LogP contribution in [0.1, 0.15) is 35.4 Å². The van der Waals surface area contributed by atoms with Crippen LogP contribution in [-0.4, -0.2) is 46.6 Å². The predicted molar refractivity (Wildman–Crippen MR) is 138 cm³/mol. The highest BCUT2D eigenvalue weighted by molar-refractivity contribution is 7.90. The molecular weight excluding hydrogens is 478 g/mol. The van der Waals surface area contributed by atoms with E-state index < -0.39 is 16.1 Å². The zero-order chi connectivity index (χ0) is 25.4. The molecule has 3 heterocycles. The van der Waals surface area contributed by atoms with Gasteiger partial charge in [-0.25, -0.2) is 27.2 Å². The summed E-state index contributed by atoms with van der Waals surface area (Å²) < 4.78 is 27.9. The van der Waals surface area contributed by atoms with Crippen molar-refractivity contribution in [2.24, 2.45) is 0 Å². The molecule has 2 N–H and O–H groups in total. The van der Waals surface area contributed by atoms with Gasteiger partial charge in [0.05, 0.1) is 10.3 Å². The van der Waals surface area contributed by atoms with Crippen molar-refractivity contribution in [3.8, 4) is 0 Å². The Morgan fingerprint density at radius 3 is 2.61 bits per heavy atom. The lowest BCUT2D eigenvalue weighted by Gasteiger charge is -2.34. The highest BCUT2D eigenvalue weighted by Crippen LogP contribution is 2.35. The molecule has 2 aromatic heterocycles. The highest BCUT2D eigenvalue weighted by atomic mass is 32.2. The molecule has 1 aliphatic rings. The molecule has 186 valence electrons. The van der Waals surface area contributed by atoms with E-state index in [1.807, 2.05) is 26.0 Å². The van der Waals surface area contributed by atoms with Gasteiger partial charge in [0, 0.05) is 30.9 Å². The van der Waals surface area contributed by atoms with E-state index in [2.05, 4.69) is 20.2 Å². The number of nitrogens with one attached hydrogen (secondary N) is 1. The van der Waals surface area contributed by atoms with E-state index in [1.54, 1.807) is 36.4 Å². The third kappa shape index (κ3) is 4.39. The summed E-state index contributed by atoms with van der Waals surface area (Å²) in [5, 5.41) is 12.2. The van der Waals surface area contributed by atoms with Crippen LogP contribution in [-0.2, 0) is 10.0 Å². The molecule has 36 heavy (non-hydrogen) atoms. The first kappa shape index (κ1) is 23.8. The lowest BCUT2D eigenvalue weighted by atomic mass is 9.87. The smallest absolute Gasteiger partial charge is 0.409 e. The summed E-state index contributed by atoms with van der Waals surface area (Å²) in [6.07, 6.45) is 3.73. The van der Waals surface area contributed by atoms with E-state index in [9.17, 15) is 13.2 Å². The predicted octanol–water partition coefficient (Wildman–Crippen LogP) is 4.76. The number of nitrogens with zero attached hydrogens (tertiary/aromatic N) is 4. The molecule has 0 bridgehead atoms. The van der Waals surface area contributed by atoms with Crippen molar-refractivity contribution >= 4 is 38.7 Å². The fourth-order valence-corrected chi connectivity index (χ4v) is 6.19. The first-order valence-corrected chi connectivity index (χ1v) is 13.2. The van der Waals surface area contributed by atoms with Crippen molar-refractivity contribution in [3.05, 3.63) is 77.7 Å². The van der Waals surface area contributed by atoms with Gasteiger partial charge in [0.2, 0.25) is 0 Å². The van der Waals surface area contributed by atoms with Crippen molar-refractivity contribution in [2.45, 2.75) is 37.5 Å². The van der Waals surface area contributed by atoms with E-state index in [4.69, 9.17) is 5.11 Å². The van der Waals surface area contributed by atoms with Crippen LogP contribution in [0.2, 0.25) is 0 Å². The standard InChI is InChI=1S/C26H27N5O4S/c1-17-5-9-21(10-6-17)36(34,35)31-13-11-22-24(27-16-28-25(22)31)30-12-3-4-19(15-30)23-14-20(29-26(32)33)8-7-18(23)2/h5-11,13-14,16,19,29H,3-4,12,15H2,1-2H3,(H,32,33). The molecule has 1 fully saturated rings. The third-order valence-corrected chi connectivity index (χ3v) is 8.38. The molecule has 1 amide bonds. The van der Waals surface area contributed by atoms with E-state index in [-0.39, 0.29) is 10.8 Å². The summed E-state index contributed by atoms with van der Waals surface area (Å²) in [7, 11) is -3.81. The van der Waals surface area contributed by atoms with E-state index in [0.29, 0.717) is 29.1 Å². The van der Waals surface area contributed by atoms with Gasteiger partial charge >= 0.3 is 6.09 Å². The fourth-order valence-electron chi connectivity index (χ4n) is 4.89. The summed E-state index contributed by atoms with van der Waals surface area (Å²) in [6.45, 7) is 5.40. The SMILES string of the molecule is Cc1ccc(S(=O)(=O)n2ccc3c(N4CCCC(c5cc(NC(=O)O)ccc5C)C4)ncnc32)cc1. The minimum Gasteiger partial charge on any atom is -0.465 e. The zero-order valence-electron chi connectivity index (χ0n) is 20.0. The zero-order valence-corrected chi connectivity index (χ0v) is 20.9. The van der Waals surface area contributed by atoms with Crippen molar-refractivity contribution in [1.82, 2.24) is 13.9 Å². The number of hydrogen-bond donors (Lipinski definition) is 2. The number of benzene rings is 2. The topological polar surface area (TPSA) is 117 Å². The molecule has 5 rings (SSSR count). The molecule has 4 aromatic rings. The minimum absolute atomic E-state index is 0.178. The average molecular weight is 506 g/mol. The number of aromatic nitrogens is 3. The second-order valence-electron chi connectivity index (χ2n) is 9.15. The molecule has 2 aromatic carbocycles. The van der Waals surface area contributed by atoms with Crippen molar-refractivity contribution < 1.29 is 18.3 Å². The molecule has 0 radical (unpaired) electrons. The second kappa shape index (κ2) is 9.27. The Bertz CT molecular complexity index is 1550. The summed E-state index contributed by atoms with van der Waals surface area (Å²) in [4.78, 5) is 22.3. The average Bonchev–Trinajstić information content (AvgIpc) is 3.30. The number of piperidine rings is 1. The number of rotatable bonds is 5. The van der Waals surface area contributed by atoms with Crippen LogP contribution in [0.15, 0.2) is 66.0 Å². The summed E-state index contributed by atoms with van der Waals surface area (Å²) in [6, 6.07) is 14.1. The largest absolute Gasteiger partial charge is 0.465 e. The van der Waals surface area contributed by atoms with Gasteiger partial charge in [-0.15, -0.1) is 0 Å². The number of aryl methyl sites for hydroxylation is 2. The van der Waals surface area contributed by atoms with E-state index in [0.717, 1.165) is 36.1 Å². The second-order valence-corrected chi connectivity index (χ2v) is 11.0. The van der Waals surface area contributed by atoms with Gasteiger partial charge in [-0.1, -0.05) is 23.8 Å². The normalized spacial score (nSPS) is 16.3. The monoisotopic (exact) mass is 505 g/mol. The molecule has 0 saturated carbocycles. The Balaban J connectivity index is 1.48. The number of fused-ring (bicyclic) bond motifs is 1. The number of amides is 1. The third-order valence-electron chi connectivity index (χ3n) is 6.70. The Kier molecular flexibility index (Phi) is 6.13. The van der Waals surface area contributed by atoms with Crippen LogP contribution < -0.4 is 10.2 Å². The first-order valence-electron chi connectivity index (χ1n) is 11.7. The molecule has 1 atom stereocenters. The molecule has 0 spiro atoms. The van der Waals surface area contributed by atoms with Gasteiger partial charge in [-0.2, -0.15) is 0 Å². The minimum atomic E-state index is -3.81. The first-order chi connectivity index (χ1) is 17.2. The molecule has 1 unspecified atom stereocenters. The Labute approximate surface area is 209 Å². The van der Waals surface area contributed by atoms with E-state index in [1.165, 1.54) is 16.5 Å². The lowest BCUT2D eigenvalue weighted by molar-refractivity contribution is 0.209. The van der Waals surface area contributed by atoms with Crippen molar-refractivity contribution in [2.75, 3.05) is 23.3 Å². The van der Waals surface area contributed by atoms with Gasteiger partial charge in [0.25, 0.3) is 10.0 Å². The number of anilines is 2. The van der Waals surface area contributed by atoms with Crippen LogP contribution in [0.3, 0.4) is 0 Å². The maximum Gasteiger partial charge on any atom is 0.409 e. The van der Waals surface area contributed by atoms with Gasteiger partial charge < -0.3 is 10.0 Å². The van der Waals surface area contributed by atoms with Crippen LogP contribution in [0.4, 0.5) is 16.3 Å². The maximum absolute atomic E-state index is 13.3. The van der Waals surface area contributed by atoms with Gasteiger partial charge in [0.1, 0.15) is 12.1 Å². The van der Waals surface area contributed by atoms with Crippen LogP contribution in [0.5, 0.6) is 0 Å². The van der Waals surface area contributed by atoms with Crippen LogP contribution in [0.25, 0.3) is 11.0 Å². The molecule has 10 heteroatoms. The Morgan fingerprint density at radius 1 is 1.08 bits per heavy atom. The Hall–Kier alpha value is -3.92. The van der Waals surface area contributed by atoms with Crippen molar-refractivity contribution in [1.29, 1.82) is 0 Å². The summed E-state index contributed by atoms with van der Waals surface area (Å²) in [5.74, 6) is 0.873. The quantitative estimate of drug-likeness (QED) is 0.402. The molecule has 1 saturated heterocycles. The van der Waals surface area contributed by atoms with Crippen LogP contribution in [0, 0.1) is 13.8 Å². The number of carbonyl (C=O) groups is 1. The van der Waals surface area contributed by atoms with Gasteiger partial charge in [-0.3, -0.25) is 5.32 Å². The number of carboxylic acid groups (broad SMARTS) is 1. The van der Waals surface area contributed by atoms with Gasteiger partial charge in [0.15, 0.2) is 5.65 Å². The maximum atomic E-state index is 13.3. The molecule has 0 aliphatic carbocycles. The van der Waals surface area contributed by atoms with Crippen LogP contribution >= 0.6 is 0 Å². The molecular formula is C26H27N5O4S. The lowest BCUT2D eigenvalue weighted by Crippen LogP contribution is -2.35. The van der Waals surface area contributed by atoms with E-state index >= 15 is 0 Å². The molecule has 9 nitrogen and oxygen atoms in total. The Morgan fingerprint density at radius 2 is 1.86 bits per heavy atom. The fraction of sp³-hybridized carbons (Fsp3) is 0.269. The number of hydrogen-bond acceptors (Lipinski definition) is 6. The summed E-state index contributed by atoms with van der Waals surface area (Å²) in [5.41, 5.74) is 4.06. The van der Waals surface area contributed by atoms with Gasteiger partial charge in [-0.05, 0) is 68.1 Å². The molecule has 1 aliphatic heterocycles. The summed E-state index contributed by atoms with van der Waals surface area (Å²) >= 11 is 0. The van der Waals surface area contributed by atoms with Crippen molar-refractivity contribution in [3.63, 3.8) is 0 Å². The highest BCUT2D eigenvalue weighted by Gasteiger charge is 2.27.